The number of fused-ring (bicyclic) bond motifs is 1. The maximum atomic E-state index is 12.8. The van der Waals surface area contributed by atoms with Gasteiger partial charge in [-0.25, -0.2) is 4.79 Å². The average Bonchev–Trinajstić information content (AvgIpc) is 2.58. The third-order valence-electron chi connectivity index (χ3n) is 3.77. The lowest BCUT2D eigenvalue weighted by atomic mass is 9.81. The third-order valence-corrected chi connectivity index (χ3v) is 4.73. The number of alkyl halides is 3. The molecule has 0 aliphatic heterocycles. The maximum Gasteiger partial charge on any atom is 0.534 e. The smallest absolute Gasteiger partial charge is 0.464 e. The van der Waals surface area contributed by atoms with E-state index in [1.807, 2.05) is 0 Å². The molecule has 2 radical (unpaired) electrons. The van der Waals surface area contributed by atoms with Crippen LogP contribution < -0.4 is 9.65 Å². The summed E-state index contributed by atoms with van der Waals surface area (Å²) in [5.74, 6) is -2.03. The van der Waals surface area contributed by atoms with E-state index in [2.05, 4.69) is 8.92 Å². The van der Waals surface area contributed by atoms with Gasteiger partial charge in [-0.3, -0.25) is 0 Å². The Hall–Kier alpha value is -2.27. The van der Waals surface area contributed by atoms with E-state index >= 15 is 0 Å². The molecule has 0 saturated carbocycles. The van der Waals surface area contributed by atoms with Crippen molar-refractivity contribution in [3.05, 3.63) is 35.4 Å². The second-order valence-electron chi connectivity index (χ2n) is 5.46. The highest BCUT2D eigenvalue weighted by Gasteiger charge is 2.49. The van der Waals surface area contributed by atoms with Crippen molar-refractivity contribution >= 4 is 40.2 Å². The van der Waals surface area contributed by atoms with Gasteiger partial charge in [0.2, 0.25) is 0 Å². The molecule has 0 fully saturated rings. The molecule has 0 bridgehead atoms. The molecule has 0 heterocycles. The van der Waals surface area contributed by atoms with Crippen LogP contribution >= 0.6 is 0 Å². The number of rotatable bonds is 5. The third kappa shape index (κ3) is 3.88. The molecule has 0 saturated heterocycles. The number of halogens is 3. The minimum absolute atomic E-state index is 0.0124. The molecule has 2 aromatic carbocycles. The zero-order valence-corrected chi connectivity index (χ0v) is 15.0. The fourth-order valence-electron chi connectivity index (χ4n) is 2.49. The van der Waals surface area contributed by atoms with Gasteiger partial charge in [-0.2, -0.15) is 21.6 Å². The summed E-state index contributed by atoms with van der Waals surface area (Å²) in [4.78, 5) is 11.9. The van der Waals surface area contributed by atoms with Crippen LogP contribution in [0.2, 0.25) is 0 Å². The Kier molecular flexibility index (Phi) is 5.76. The highest BCUT2D eigenvalue weighted by molar-refractivity contribution is 7.88. The van der Waals surface area contributed by atoms with Gasteiger partial charge in [-0.1, -0.05) is 29.7 Å². The predicted octanol–water partition coefficient (Wildman–Crippen LogP) is 1.77. The van der Waals surface area contributed by atoms with Crippen LogP contribution in [0.1, 0.15) is 24.2 Å². The summed E-state index contributed by atoms with van der Waals surface area (Å²) in [7, 11) is -0.111. The zero-order chi connectivity index (χ0) is 20.6. The Bertz CT molecular complexity index is 988. The van der Waals surface area contributed by atoms with E-state index in [9.17, 15) is 31.5 Å². The van der Waals surface area contributed by atoms with Crippen LogP contribution in [0.15, 0.2) is 24.3 Å². The summed E-state index contributed by atoms with van der Waals surface area (Å²) in [6.45, 7) is 2.65. The molecule has 6 nitrogen and oxygen atoms in total. The summed E-state index contributed by atoms with van der Waals surface area (Å²) in [6, 6.07) is 5.63. The fraction of sp³-hybridized carbons (Fsp3) is 0.312. The minimum atomic E-state index is -6.07. The molecule has 1 N–H and O–H groups in total. The largest absolute Gasteiger partial charge is 0.534 e. The van der Waals surface area contributed by atoms with Crippen molar-refractivity contribution in [1.29, 1.82) is 0 Å². The summed E-state index contributed by atoms with van der Waals surface area (Å²) in [6.07, 6.45) is -2.10. The van der Waals surface area contributed by atoms with E-state index in [-0.39, 0.29) is 28.4 Å². The maximum absolute atomic E-state index is 12.8. The first-order chi connectivity index (χ1) is 12.4. The second-order valence-corrected chi connectivity index (χ2v) is 7.00. The van der Waals surface area contributed by atoms with E-state index in [0.717, 1.165) is 0 Å². The predicted molar refractivity (Wildman–Crippen MR) is 91.3 cm³/mol. The van der Waals surface area contributed by atoms with Gasteiger partial charge in [0.05, 0.1) is 6.61 Å². The quantitative estimate of drug-likeness (QED) is 0.355. The Morgan fingerprint density at radius 2 is 1.81 bits per heavy atom. The molecule has 2 rings (SSSR count). The number of hydrogen-bond donors (Lipinski definition) is 1. The van der Waals surface area contributed by atoms with Crippen molar-refractivity contribution in [2.24, 2.45) is 0 Å². The van der Waals surface area contributed by atoms with Crippen LogP contribution in [-0.2, 0) is 19.6 Å². The fourth-order valence-corrected chi connectivity index (χ4v) is 2.99. The Morgan fingerprint density at radius 1 is 1.26 bits per heavy atom. The van der Waals surface area contributed by atoms with Crippen molar-refractivity contribution in [1.82, 2.24) is 0 Å². The van der Waals surface area contributed by atoms with Gasteiger partial charge < -0.3 is 14.0 Å². The van der Waals surface area contributed by atoms with Gasteiger partial charge in [0.15, 0.2) is 11.9 Å². The summed E-state index contributed by atoms with van der Waals surface area (Å²) >= 11 is 0. The molecule has 1 atom stereocenters. The molecule has 0 unspecified atom stereocenters. The molecular formula is C16H14BF3O6S. The van der Waals surface area contributed by atoms with Crippen LogP contribution in [0.3, 0.4) is 0 Å². The van der Waals surface area contributed by atoms with E-state index in [1.54, 1.807) is 0 Å². The van der Waals surface area contributed by atoms with Crippen molar-refractivity contribution in [2.75, 3.05) is 6.61 Å². The zero-order valence-electron chi connectivity index (χ0n) is 14.2. The number of carbonyl (C=O) groups is 1. The van der Waals surface area contributed by atoms with Crippen molar-refractivity contribution in [3.63, 3.8) is 0 Å². The number of ether oxygens (including phenoxy) is 1. The minimum Gasteiger partial charge on any atom is -0.464 e. The van der Waals surface area contributed by atoms with Crippen molar-refractivity contribution in [2.45, 2.75) is 25.5 Å². The molecule has 0 aliphatic carbocycles. The van der Waals surface area contributed by atoms with Crippen LogP contribution in [-0.4, -0.2) is 39.5 Å². The number of benzene rings is 2. The highest BCUT2D eigenvalue weighted by atomic mass is 32.2. The lowest BCUT2D eigenvalue weighted by Crippen LogP contribution is -2.30. The van der Waals surface area contributed by atoms with E-state index in [0.29, 0.717) is 0 Å². The Balaban J connectivity index is 2.84. The molecule has 0 aliphatic rings. The van der Waals surface area contributed by atoms with E-state index in [4.69, 9.17) is 7.85 Å². The number of aliphatic hydroxyl groups is 1. The van der Waals surface area contributed by atoms with Gasteiger partial charge >= 0.3 is 21.6 Å². The second kappa shape index (κ2) is 7.39. The van der Waals surface area contributed by atoms with E-state index < -0.39 is 39.0 Å². The van der Waals surface area contributed by atoms with Gasteiger partial charge in [0.25, 0.3) is 0 Å². The lowest BCUT2D eigenvalue weighted by Gasteiger charge is -2.22. The van der Waals surface area contributed by atoms with Crippen molar-refractivity contribution < 1.29 is 40.4 Å². The molecule has 0 spiro atoms. The molecule has 0 amide bonds. The van der Waals surface area contributed by atoms with Gasteiger partial charge in [0.1, 0.15) is 7.85 Å². The summed E-state index contributed by atoms with van der Waals surface area (Å²) in [5.41, 5.74) is -6.20. The molecule has 144 valence electrons. The monoisotopic (exact) mass is 402 g/mol. The van der Waals surface area contributed by atoms with Crippen molar-refractivity contribution in [3.8, 4) is 5.75 Å². The summed E-state index contributed by atoms with van der Waals surface area (Å²) < 4.78 is 70.5. The van der Waals surface area contributed by atoms with Crippen LogP contribution in [0.5, 0.6) is 5.75 Å². The number of aliphatic hydroxyl groups excluding tert-OH is 1. The Labute approximate surface area is 154 Å². The topological polar surface area (TPSA) is 89.9 Å². The van der Waals surface area contributed by atoms with Crippen LogP contribution in [0, 0.1) is 6.92 Å². The normalized spacial score (nSPS) is 13.4. The number of hydrogen-bond acceptors (Lipinski definition) is 6. The first-order valence-corrected chi connectivity index (χ1v) is 8.99. The lowest BCUT2D eigenvalue weighted by molar-refractivity contribution is -0.153. The van der Waals surface area contributed by atoms with Gasteiger partial charge in [-0.15, -0.1) is 0 Å². The molecule has 2 aromatic rings. The number of esters is 1. The highest BCUT2D eigenvalue weighted by Crippen LogP contribution is 2.38. The average molecular weight is 402 g/mol. The standard InChI is InChI=1S/C16H14BF3O6S/c1-3-25-15(22)13(21)11-8(2)12(17)9-6-4-5-7-10(9)14(11)26-27(23,24)16(18,19)20/h4-7,13,21H,3H2,1-2H3/t13-/m0/s1. The first-order valence-electron chi connectivity index (χ1n) is 7.58. The molecular weight excluding hydrogens is 388 g/mol. The van der Waals surface area contributed by atoms with E-state index in [1.165, 1.54) is 38.1 Å². The van der Waals surface area contributed by atoms with Gasteiger partial charge in [0, 0.05) is 10.9 Å². The first kappa shape index (κ1) is 21.0. The molecule has 11 heteroatoms. The van der Waals surface area contributed by atoms with Crippen LogP contribution in [0.25, 0.3) is 10.8 Å². The van der Waals surface area contributed by atoms with Gasteiger partial charge in [-0.05, 0) is 24.8 Å². The summed E-state index contributed by atoms with van der Waals surface area (Å²) in [5, 5.41) is 10.4. The SMILES string of the molecule is [B]c1c(C)c([C@H](O)C(=O)OCC)c(OS(=O)(=O)C(F)(F)F)c2ccccc12. The molecule has 27 heavy (non-hydrogen) atoms. The van der Waals surface area contributed by atoms with Crippen LogP contribution in [0.4, 0.5) is 13.2 Å². The number of carbonyl (C=O) groups excluding carboxylic acids is 1. The molecule has 0 aromatic heterocycles. The Morgan fingerprint density at radius 3 is 2.33 bits per heavy atom.